The number of benzene rings is 1. The molecule has 2 heterocycles. The van der Waals surface area contributed by atoms with Gasteiger partial charge in [-0.05, 0) is 36.2 Å². The van der Waals surface area contributed by atoms with Gasteiger partial charge in [-0.15, -0.1) is 0 Å². The van der Waals surface area contributed by atoms with E-state index in [0.29, 0.717) is 22.7 Å². The average Bonchev–Trinajstić information content (AvgIpc) is 2.54. The van der Waals surface area contributed by atoms with Crippen LogP contribution in [0.5, 0.6) is 0 Å². The first kappa shape index (κ1) is 14.1. The Labute approximate surface area is 128 Å². The van der Waals surface area contributed by atoms with Crippen molar-refractivity contribution < 1.29 is 0 Å². The number of nitrogen functional groups attached to an aromatic ring is 1. The Kier molecular flexibility index (Phi) is 3.78. The minimum atomic E-state index is -0.0889. The predicted octanol–water partition coefficient (Wildman–Crippen LogP) is 2.77. The third-order valence-electron chi connectivity index (χ3n) is 3.48. The number of hydrogen-bond donors (Lipinski definition) is 2. The van der Waals surface area contributed by atoms with Crippen molar-refractivity contribution >= 4 is 17.2 Å². The van der Waals surface area contributed by atoms with Crippen molar-refractivity contribution in [3.8, 4) is 11.1 Å². The summed E-state index contributed by atoms with van der Waals surface area (Å²) in [6, 6.07) is 12.8. The number of pyridine rings is 1. The Hall–Kier alpha value is -2.82. The van der Waals surface area contributed by atoms with E-state index in [0.717, 1.165) is 18.5 Å². The van der Waals surface area contributed by atoms with Crippen molar-refractivity contribution in [2.45, 2.75) is 13.3 Å². The summed E-state index contributed by atoms with van der Waals surface area (Å²) in [5.41, 5.74) is 8.32. The van der Waals surface area contributed by atoms with Gasteiger partial charge in [-0.25, -0.2) is 4.98 Å². The van der Waals surface area contributed by atoms with Crippen molar-refractivity contribution in [1.29, 1.82) is 0 Å². The maximum Gasteiger partial charge on any atom is 0.267 e. The van der Waals surface area contributed by atoms with Gasteiger partial charge < -0.3 is 11.1 Å². The molecule has 0 aliphatic carbocycles. The highest BCUT2D eigenvalue weighted by Crippen LogP contribution is 2.24. The first-order chi connectivity index (χ1) is 10.7. The lowest BCUT2D eigenvalue weighted by Crippen LogP contribution is -2.20. The number of rotatable bonds is 4. The minimum absolute atomic E-state index is 0.0889. The molecule has 5 nitrogen and oxygen atoms in total. The van der Waals surface area contributed by atoms with E-state index in [2.05, 4.69) is 17.2 Å². The van der Waals surface area contributed by atoms with Gasteiger partial charge >= 0.3 is 0 Å². The fraction of sp³-hybridized carbons (Fsp3) is 0.176. The molecule has 0 bridgehead atoms. The molecule has 3 aromatic rings. The quantitative estimate of drug-likeness (QED) is 0.726. The summed E-state index contributed by atoms with van der Waals surface area (Å²) >= 11 is 0. The summed E-state index contributed by atoms with van der Waals surface area (Å²) in [4.78, 5) is 17.4. The molecule has 5 heteroatoms. The molecule has 0 amide bonds. The molecular formula is C17H18N4O. The van der Waals surface area contributed by atoms with Crippen molar-refractivity contribution in [1.82, 2.24) is 9.38 Å². The van der Waals surface area contributed by atoms with Gasteiger partial charge in [-0.3, -0.25) is 9.20 Å². The van der Waals surface area contributed by atoms with Crippen LogP contribution in [0.1, 0.15) is 13.3 Å². The molecule has 0 saturated carbocycles. The zero-order valence-corrected chi connectivity index (χ0v) is 12.4. The number of nitrogens with zero attached hydrogens (tertiary/aromatic N) is 2. The monoisotopic (exact) mass is 294 g/mol. The van der Waals surface area contributed by atoms with Gasteiger partial charge in [0.15, 0.2) is 0 Å². The Bertz CT molecular complexity index is 853. The molecule has 3 rings (SSSR count). The van der Waals surface area contributed by atoms with Gasteiger partial charge in [-0.2, -0.15) is 0 Å². The zero-order valence-electron chi connectivity index (χ0n) is 12.4. The summed E-state index contributed by atoms with van der Waals surface area (Å²) in [7, 11) is 0. The lowest BCUT2D eigenvalue weighted by molar-refractivity contribution is 0.960. The van der Waals surface area contributed by atoms with Crippen LogP contribution in [0.2, 0.25) is 0 Å². The average molecular weight is 294 g/mol. The van der Waals surface area contributed by atoms with E-state index in [1.54, 1.807) is 22.7 Å². The van der Waals surface area contributed by atoms with Gasteiger partial charge in [0.25, 0.3) is 5.56 Å². The standard InChI is InChI=1S/C17H18N4O/c1-2-10-19-16-15(12-6-8-13(18)9-7-12)17(22)21-11-4-3-5-14(21)20-16/h3-9,11,19H,2,10,18H2,1H3. The molecule has 3 N–H and O–H groups in total. The first-order valence-electron chi connectivity index (χ1n) is 7.32. The zero-order chi connectivity index (χ0) is 15.5. The van der Waals surface area contributed by atoms with Gasteiger partial charge in [0.05, 0.1) is 5.56 Å². The summed E-state index contributed by atoms with van der Waals surface area (Å²) in [6.45, 7) is 2.83. The molecule has 0 aliphatic rings. The Morgan fingerprint density at radius 3 is 2.68 bits per heavy atom. The third kappa shape index (κ3) is 2.53. The second-order valence-electron chi connectivity index (χ2n) is 5.12. The number of anilines is 2. The normalized spacial score (nSPS) is 10.8. The maximum atomic E-state index is 12.8. The van der Waals surface area contributed by atoms with Crippen LogP contribution in [0, 0.1) is 0 Å². The van der Waals surface area contributed by atoms with Gasteiger partial charge in [0.2, 0.25) is 0 Å². The van der Waals surface area contributed by atoms with Crippen LogP contribution in [0.15, 0.2) is 53.5 Å². The number of nitrogens with one attached hydrogen (secondary N) is 1. The lowest BCUT2D eigenvalue weighted by atomic mass is 10.1. The third-order valence-corrected chi connectivity index (χ3v) is 3.48. The van der Waals surface area contributed by atoms with Gasteiger partial charge in [0.1, 0.15) is 11.5 Å². The van der Waals surface area contributed by atoms with Crippen LogP contribution < -0.4 is 16.6 Å². The minimum Gasteiger partial charge on any atom is -0.399 e. The molecule has 0 spiro atoms. The highest BCUT2D eigenvalue weighted by Gasteiger charge is 2.14. The van der Waals surface area contributed by atoms with Crippen LogP contribution in [0.25, 0.3) is 16.8 Å². The molecule has 0 radical (unpaired) electrons. The first-order valence-corrected chi connectivity index (χ1v) is 7.32. The summed E-state index contributed by atoms with van der Waals surface area (Å²) in [5, 5.41) is 3.25. The number of nitrogens with two attached hydrogens (primary N) is 1. The second-order valence-corrected chi connectivity index (χ2v) is 5.12. The molecule has 1 aromatic carbocycles. The summed E-state index contributed by atoms with van der Waals surface area (Å²) in [6.07, 6.45) is 2.69. The molecule has 22 heavy (non-hydrogen) atoms. The van der Waals surface area contributed by atoms with Crippen LogP contribution in [-0.2, 0) is 0 Å². The summed E-state index contributed by atoms with van der Waals surface area (Å²) in [5.74, 6) is 0.614. The topological polar surface area (TPSA) is 72.4 Å². The smallest absolute Gasteiger partial charge is 0.267 e. The van der Waals surface area contributed by atoms with Gasteiger partial charge in [-0.1, -0.05) is 25.1 Å². The highest BCUT2D eigenvalue weighted by atomic mass is 16.1. The number of fused-ring (bicyclic) bond motifs is 1. The van der Waals surface area contributed by atoms with E-state index in [4.69, 9.17) is 5.73 Å². The van der Waals surface area contributed by atoms with Crippen LogP contribution in [0.3, 0.4) is 0 Å². The fourth-order valence-electron chi connectivity index (χ4n) is 2.37. The molecule has 0 aliphatic heterocycles. The van der Waals surface area contributed by atoms with Gasteiger partial charge in [0, 0.05) is 18.4 Å². The van der Waals surface area contributed by atoms with E-state index in [-0.39, 0.29) is 5.56 Å². The molecule has 0 atom stereocenters. The summed E-state index contributed by atoms with van der Waals surface area (Å²) < 4.78 is 1.56. The Balaban J connectivity index is 2.27. The van der Waals surface area contributed by atoms with Crippen molar-refractivity contribution in [2.75, 3.05) is 17.6 Å². The Morgan fingerprint density at radius 2 is 1.95 bits per heavy atom. The van der Waals surface area contributed by atoms with Crippen LogP contribution >= 0.6 is 0 Å². The van der Waals surface area contributed by atoms with E-state index >= 15 is 0 Å². The predicted molar refractivity (Wildman–Crippen MR) is 90.1 cm³/mol. The van der Waals surface area contributed by atoms with Crippen LogP contribution in [-0.4, -0.2) is 15.9 Å². The molecule has 0 unspecified atom stereocenters. The fourth-order valence-corrected chi connectivity index (χ4v) is 2.37. The number of aromatic nitrogens is 2. The van der Waals surface area contributed by atoms with Crippen molar-refractivity contribution in [3.63, 3.8) is 0 Å². The maximum absolute atomic E-state index is 12.8. The lowest BCUT2D eigenvalue weighted by Gasteiger charge is -2.12. The highest BCUT2D eigenvalue weighted by molar-refractivity contribution is 5.76. The Morgan fingerprint density at radius 1 is 1.18 bits per heavy atom. The van der Waals surface area contributed by atoms with Crippen molar-refractivity contribution in [2.24, 2.45) is 0 Å². The second kappa shape index (κ2) is 5.89. The molecule has 2 aromatic heterocycles. The van der Waals surface area contributed by atoms with Crippen LogP contribution in [0.4, 0.5) is 11.5 Å². The van der Waals surface area contributed by atoms with E-state index in [1.165, 1.54) is 0 Å². The SMILES string of the molecule is CCCNc1nc2ccccn2c(=O)c1-c1ccc(N)cc1. The molecular weight excluding hydrogens is 276 g/mol. The largest absolute Gasteiger partial charge is 0.399 e. The van der Waals surface area contributed by atoms with Crippen molar-refractivity contribution in [3.05, 3.63) is 59.0 Å². The van der Waals surface area contributed by atoms with E-state index in [1.807, 2.05) is 30.3 Å². The van der Waals surface area contributed by atoms with E-state index < -0.39 is 0 Å². The number of hydrogen-bond acceptors (Lipinski definition) is 4. The molecule has 0 saturated heterocycles. The van der Waals surface area contributed by atoms with E-state index in [9.17, 15) is 4.79 Å². The molecule has 0 fully saturated rings. The molecule has 112 valence electrons.